The van der Waals surface area contributed by atoms with Gasteiger partial charge in [0.2, 0.25) is 0 Å². The van der Waals surface area contributed by atoms with Gasteiger partial charge in [0.05, 0.1) is 25.6 Å². The number of carbonyl (C=O) groups excluding carboxylic acids is 1. The maximum Gasteiger partial charge on any atom is 0.323 e. The van der Waals surface area contributed by atoms with Crippen LogP contribution >= 0.6 is 0 Å². The second-order valence-corrected chi connectivity index (χ2v) is 7.52. The van der Waals surface area contributed by atoms with Crippen LogP contribution in [0.4, 0.5) is 0 Å². The Bertz CT molecular complexity index is 1000. The summed E-state index contributed by atoms with van der Waals surface area (Å²) in [7, 11) is 3.13. The van der Waals surface area contributed by atoms with Gasteiger partial charge in [-0.25, -0.2) is 4.68 Å². The van der Waals surface area contributed by atoms with Crippen LogP contribution in [-0.4, -0.2) is 47.5 Å². The topological polar surface area (TPSA) is 56.6 Å². The van der Waals surface area contributed by atoms with Gasteiger partial charge in [0.25, 0.3) is 0 Å². The van der Waals surface area contributed by atoms with Crippen molar-refractivity contribution in [2.45, 2.75) is 31.8 Å². The average Bonchev–Trinajstić information content (AvgIpc) is 3.23. The SMILES string of the molecule is COC(=O)[C@@H]1CCCCN1Cc1cn(-c2ccccc2)nc1-c1cccc(OC)c1. The summed E-state index contributed by atoms with van der Waals surface area (Å²) in [5, 5.41) is 4.90. The third kappa shape index (κ3) is 4.24. The van der Waals surface area contributed by atoms with Crippen molar-refractivity contribution in [2.75, 3.05) is 20.8 Å². The second kappa shape index (κ2) is 9.13. The Kier molecular flexibility index (Phi) is 6.14. The number of ether oxygens (including phenoxy) is 2. The maximum atomic E-state index is 12.3. The van der Waals surface area contributed by atoms with E-state index in [2.05, 4.69) is 11.1 Å². The van der Waals surface area contributed by atoms with Crippen molar-refractivity contribution in [3.05, 3.63) is 66.4 Å². The van der Waals surface area contributed by atoms with Crippen LogP contribution in [0.3, 0.4) is 0 Å². The van der Waals surface area contributed by atoms with Crippen molar-refractivity contribution in [1.29, 1.82) is 0 Å². The van der Waals surface area contributed by atoms with Gasteiger partial charge in [-0.3, -0.25) is 9.69 Å². The molecular weight excluding hydrogens is 378 g/mol. The van der Waals surface area contributed by atoms with Crippen LogP contribution < -0.4 is 4.74 Å². The van der Waals surface area contributed by atoms with Crippen LogP contribution in [0.15, 0.2) is 60.8 Å². The molecule has 30 heavy (non-hydrogen) atoms. The van der Waals surface area contributed by atoms with E-state index in [9.17, 15) is 4.79 Å². The summed E-state index contributed by atoms with van der Waals surface area (Å²) in [6, 6.07) is 17.8. The fraction of sp³-hybridized carbons (Fsp3) is 0.333. The lowest BCUT2D eigenvalue weighted by Gasteiger charge is -2.33. The highest BCUT2D eigenvalue weighted by Crippen LogP contribution is 2.29. The van der Waals surface area contributed by atoms with Gasteiger partial charge in [0, 0.05) is 23.9 Å². The second-order valence-electron chi connectivity index (χ2n) is 7.52. The number of rotatable bonds is 6. The highest BCUT2D eigenvalue weighted by atomic mass is 16.5. The molecule has 0 bridgehead atoms. The molecule has 0 amide bonds. The molecule has 0 aliphatic carbocycles. The average molecular weight is 405 g/mol. The Morgan fingerprint density at radius 2 is 1.93 bits per heavy atom. The molecule has 1 fully saturated rings. The number of hydrogen-bond donors (Lipinski definition) is 0. The predicted molar refractivity (Wildman–Crippen MR) is 116 cm³/mol. The van der Waals surface area contributed by atoms with E-state index in [1.165, 1.54) is 7.11 Å². The zero-order valence-corrected chi connectivity index (χ0v) is 17.5. The molecule has 1 atom stereocenters. The molecule has 4 rings (SSSR count). The lowest BCUT2D eigenvalue weighted by molar-refractivity contribution is -0.148. The first-order valence-electron chi connectivity index (χ1n) is 10.3. The number of methoxy groups -OCH3 is 2. The Hall–Kier alpha value is -3.12. The molecule has 0 radical (unpaired) electrons. The fourth-order valence-electron chi connectivity index (χ4n) is 4.05. The Morgan fingerprint density at radius 1 is 1.10 bits per heavy atom. The first-order valence-corrected chi connectivity index (χ1v) is 10.3. The molecule has 0 saturated carbocycles. The number of hydrogen-bond acceptors (Lipinski definition) is 5. The standard InChI is InChI=1S/C24H27N3O3/c1-29-21-12-8-9-18(15-21)23-19(17-27(25-23)20-10-4-3-5-11-20)16-26-14-7-6-13-22(26)24(28)30-2/h3-5,8-12,15,17,22H,6-7,13-14,16H2,1-2H3/t22-/m0/s1. The molecule has 156 valence electrons. The molecule has 6 heteroatoms. The third-order valence-electron chi connectivity index (χ3n) is 5.61. The van der Waals surface area contributed by atoms with E-state index in [-0.39, 0.29) is 12.0 Å². The number of para-hydroxylation sites is 1. The number of nitrogens with zero attached hydrogens (tertiary/aromatic N) is 3. The smallest absolute Gasteiger partial charge is 0.323 e. The van der Waals surface area contributed by atoms with Gasteiger partial charge >= 0.3 is 5.97 Å². The molecule has 1 aromatic heterocycles. The van der Waals surface area contributed by atoms with E-state index in [0.717, 1.165) is 54.1 Å². The normalized spacial score (nSPS) is 16.9. The van der Waals surface area contributed by atoms with Gasteiger partial charge in [-0.05, 0) is 43.7 Å². The minimum Gasteiger partial charge on any atom is -0.497 e. The van der Waals surface area contributed by atoms with Gasteiger partial charge < -0.3 is 9.47 Å². The lowest BCUT2D eigenvalue weighted by Crippen LogP contribution is -2.44. The van der Waals surface area contributed by atoms with Gasteiger partial charge in [0.1, 0.15) is 11.8 Å². The van der Waals surface area contributed by atoms with Crippen LogP contribution in [0.2, 0.25) is 0 Å². The van der Waals surface area contributed by atoms with Crippen LogP contribution in [0.1, 0.15) is 24.8 Å². The molecule has 2 aromatic carbocycles. The minimum atomic E-state index is -0.206. The zero-order chi connectivity index (χ0) is 20.9. The van der Waals surface area contributed by atoms with Crippen LogP contribution in [0.5, 0.6) is 5.75 Å². The Morgan fingerprint density at radius 3 is 2.70 bits per heavy atom. The number of piperidine rings is 1. The van der Waals surface area contributed by atoms with E-state index in [0.29, 0.717) is 6.54 Å². The van der Waals surface area contributed by atoms with Crippen molar-refractivity contribution in [1.82, 2.24) is 14.7 Å². The first kappa shape index (κ1) is 20.2. The number of likely N-dealkylation sites (tertiary alicyclic amines) is 1. The van der Waals surface area contributed by atoms with Gasteiger partial charge in [-0.1, -0.05) is 36.8 Å². The van der Waals surface area contributed by atoms with Crippen molar-refractivity contribution in [3.63, 3.8) is 0 Å². The lowest BCUT2D eigenvalue weighted by atomic mass is 10.0. The molecule has 2 heterocycles. The number of aromatic nitrogens is 2. The highest BCUT2D eigenvalue weighted by Gasteiger charge is 2.30. The van der Waals surface area contributed by atoms with E-state index in [1.807, 2.05) is 59.3 Å². The van der Waals surface area contributed by atoms with E-state index >= 15 is 0 Å². The van der Waals surface area contributed by atoms with Crippen molar-refractivity contribution in [2.24, 2.45) is 0 Å². The molecule has 6 nitrogen and oxygen atoms in total. The molecule has 1 aliphatic heterocycles. The summed E-state index contributed by atoms with van der Waals surface area (Å²) in [6.45, 7) is 1.51. The summed E-state index contributed by atoms with van der Waals surface area (Å²) < 4.78 is 12.4. The summed E-state index contributed by atoms with van der Waals surface area (Å²) >= 11 is 0. The van der Waals surface area contributed by atoms with Gasteiger partial charge in [0.15, 0.2) is 0 Å². The predicted octanol–water partition coefficient (Wildman–Crippen LogP) is 4.08. The van der Waals surface area contributed by atoms with Crippen LogP contribution in [0.25, 0.3) is 16.9 Å². The Labute approximate surface area is 177 Å². The molecule has 1 aliphatic rings. The summed E-state index contributed by atoms with van der Waals surface area (Å²) in [4.78, 5) is 14.5. The molecule has 0 spiro atoms. The fourth-order valence-corrected chi connectivity index (χ4v) is 4.05. The number of benzene rings is 2. The molecule has 0 unspecified atom stereocenters. The monoisotopic (exact) mass is 405 g/mol. The van der Waals surface area contributed by atoms with Crippen molar-refractivity contribution >= 4 is 5.97 Å². The van der Waals surface area contributed by atoms with Crippen LogP contribution in [-0.2, 0) is 16.1 Å². The zero-order valence-electron chi connectivity index (χ0n) is 17.5. The van der Waals surface area contributed by atoms with Crippen molar-refractivity contribution in [3.8, 4) is 22.7 Å². The largest absolute Gasteiger partial charge is 0.497 e. The molecule has 0 N–H and O–H groups in total. The number of esters is 1. The van der Waals surface area contributed by atoms with Gasteiger partial charge in [-0.15, -0.1) is 0 Å². The van der Waals surface area contributed by atoms with E-state index in [1.54, 1.807) is 7.11 Å². The minimum absolute atomic E-state index is 0.159. The quantitative estimate of drug-likeness (QED) is 0.579. The van der Waals surface area contributed by atoms with Gasteiger partial charge in [-0.2, -0.15) is 5.10 Å². The molecule has 3 aromatic rings. The highest BCUT2D eigenvalue weighted by molar-refractivity contribution is 5.75. The number of carbonyl (C=O) groups is 1. The Balaban J connectivity index is 1.73. The summed E-state index contributed by atoms with van der Waals surface area (Å²) in [5.74, 6) is 0.631. The first-order chi connectivity index (χ1) is 14.7. The van der Waals surface area contributed by atoms with Crippen molar-refractivity contribution < 1.29 is 14.3 Å². The molecule has 1 saturated heterocycles. The third-order valence-corrected chi connectivity index (χ3v) is 5.61. The van der Waals surface area contributed by atoms with E-state index in [4.69, 9.17) is 14.6 Å². The van der Waals surface area contributed by atoms with E-state index < -0.39 is 0 Å². The van der Waals surface area contributed by atoms with Crippen LogP contribution in [0, 0.1) is 0 Å². The molecular formula is C24H27N3O3. The summed E-state index contributed by atoms with van der Waals surface area (Å²) in [5.41, 5.74) is 3.96. The maximum absolute atomic E-state index is 12.3. The summed E-state index contributed by atoms with van der Waals surface area (Å²) in [6.07, 6.45) is 5.01.